The van der Waals surface area contributed by atoms with Gasteiger partial charge in [-0.15, -0.1) is 0 Å². The maximum atomic E-state index is 9.00. The first-order valence-electron chi connectivity index (χ1n) is 5.91. The van der Waals surface area contributed by atoms with Gasteiger partial charge in [0.2, 0.25) is 0 Å². The Kier molecular flexibility index (Phi) is 18.3. The molecule has 2 amide bonds. The standard InChI is InChI=1S/C10H22O2.CH4N2O/c11-9-7-5-3-1-2-4-6-8-10-12;2-1(3)4/h11-12H,1-10H2;(H4,2,3,4). The van der Waals surface area contributed by atoms with Crippen LogP contribution in [0.3, 0.4) is 0 Å². The summed E-state index contributed by atoms with van der Waals surface area (Å²) in [7, 11) is 0. The summed E-state index contributed by atoms with van der Waals surface area (Å²) < 4.78 is 0. The van der Waals surface area contributed by atoms with Crippen molar-refractivity contribution < 1.29 is 15.0 Å². The Morgan fingerprint density at radius 1 is 0.688 bits per heavy atom. The SMILES string of the molecule is NC(N)=O.OCCCCCCCCCCO. The number of hydrogen-bond acceptors (Lipinski definition) is 3. The number of amides is 2. The lowest BCUT2D eigenvalue weighted by molar-refractivity contribution is 0.256. The fourth-order valence-electron chi connectivity index (χ4n) is 1.28. The van der Waals surface area contributed by atoms with Crippen molar-refractivity contribution in [3.05, 3.63) is 0 Å². The Bertz CT molecular complexity index is 129. The molecule has 98 valence electrons. The van der Waals surface area contributed by atoms with Gasteiger partial charge in [0.25, 0.3) is 0 Å². The van der Waals surface area contributed by atoms with Gasteiger partial charge >= 0.3 is 6.03 Å². The molecule has 0 aromatic heterocycles. The predicted molar refractivity (Wildman–Crippen MR) is 64.9 cm³/mol. The zero-order valence-electron chi connectivity index (χ0n) is 10.0. The highest BCUT2D eigenvalue weighted by molar-refractivity contribution is 5.69. The minimum Gasteiger partial charge on any atom is -0.396 e. The maximum Gasteiger partial charge on any atom is 0.309 e. The van der Waals surface area contributed by atoms with Crippen LogP contribution in [0.5, 0.6) is 0 Å². The third-order valence-corrected chi connectivity index (χ3v) is 2.07. The molecule has 0 aliphatic carbocycles. The van der Waals surface area contributed by atoms with E-state index in [0.29, 0.717) is 13.2 Å². The van der Waals surface area contributed by atoms with Crippen molar-refractivity contribution in [1.82, 2.24) is 0 Å². The van der Waals surface area contributed by atoms with E-state index >= 15 is 0 Å². The van der Waals surface area contributed by atoms with Crippen LogP contribution in [-0.4, -0.2) is 29.5 Å². The molecular formula is C11H26N2O3. The number of carbonyl (C=O) groups is 1. The summed E-state index contributed by atoms with van der Waals surface area (Å²) in [6.07, 6.45) is 9.30. The van der Waals surface area contributed by atoms with Gasteiger partial charge in [-0.25, -0.2) is 4.79 Å². The van der Waals surface area contributed by atoms with Crippen LogP contribution in [-0.2, 0) is 0 Å². The molecule has 6 N–H and O–H groups in total. The van der Waals surface area contributed by atoms with Gasteiger partial charge in [0.1, 0.15) is 0 Å². The largest absolute Gasteiger partial charge is 0.396 e. The van der Waals surface area contributed by atoms with Crippen molar-refractivity contribution in [1.29, 1.82) is 0 Å². The summed E-state index contributed by atoms with van der Waals surface area (Å²) in [6, 6.07) is -0.833. The van der Waals surface area contributed by atoms with E-state index in [0.717, 1.165) is 25.7 Å². The van der Waals surface area contributed by atoms with Gasteiger partial charge in [0, 0.05) is 13.2 Å². The van der Waals surface area contributed by atoms with E-state index in [1.165, 1.54) is 25.7 Å². The van der Waals surface area contributed by atoms with Crippen molar-refractivity contribution in [3.8, 4) is 0 Å². The minimum absolute atomic E-state index is 0.338. The molecular weight excluding hydrogens is 208 g/mol. The Morgan fingerprint density at radius 2 is 0.875 bits per heavy atom. The Balaban J connectivity index is 0. The quantitative estimate of drug-likeness (QED) is 0.449. The van der Waals surface area contributed by atoms with Crippen molar-refractivity contribution in [2.45, 2.75) is 51.4 Å². The normalized spacial score (nSPS) is 9.38. The minimum atomic E-state index is -0.833. The number of urea groups is 1. The molecule has 0 radical (unpaired) electrons. The third-order valence-electron chi connectivity index (χ3n) is 2.07. The molecule has 0 saturated heterocycles. The first-order chi connectivity index (χ1) is 7.65. The Morgan fingerprint density at radius 3 is 1.06 bits per heavy atom. The van der Waals surface area contributed by atoms with Gasteiger partial charge in [0.05, 0.1) is 0 Å². The number of rotatable bonds is 9. The number of carbonyl (C=O) groups excluding carboxylic acids is 1. The Labute approximate surface area is 97.8 Å². The van der Waals surface area contributed by atoms with E-state index in [-0.39, 0.29) is 0 Å². The predicted octanol–water partition coefficient (Wildman–Crippen LogP) is 1.12. The summed E-state index contributed by atoms with van der Waals surface area (Å²) in [4.78, 5) is 9.00. The van der Waals surface area contributed by atoms with Crippen molar-refractivity contribution >= 4 is 6.03 Å². The second kappa shape index (κ2) is 16.6. The van der Waals surface area contributed by atoms with Gasteiger partial charge in [-0.3, -0.25) is 0 Å². The zero-order valence-corrected chi connectivity index (χ0v) is 10.0. The van der Waals surface area contributed by atoms with E-state index in [4.69, 9.17) is 15.0 Å². The second-order valence-corrected chi connectivity index (χ2v) is 3.68. The number of primary amides is 2. The average Bonchev–Trinajstić information content (AvgIpc) is 2.21. The van der Waals surface area contributed by atoms with Gasteiger partial charge in [-0.1, -0.05) is 38.5 Å². The molecule has 0 unspecified atom stereocenters. The van der Waals surface area contributed by atoms with Crippen LogP contribution in [0.15, 0.2) is 0 Å². The highest BCUT2D eigenvalue weighted by Crippen LogP contribution is 2.07. The fraction of sp³-hybridized carbons (Fsp3) is 0.909. The van der Waals surface area contributed by atoms with Crippen LogP contribution in [0.4, 0.5) is 4.79 Å². The molecule has 0 aliphatic rings. The van der Waals surface area contributed by atoms with Crippen molar-refractivity contribution in [2.75, 3.05) is 13.2 Å². The van der Waals surface area contributed by atoms with Crippen LogP contribution in [0.2, 0.25) is 0 Å². The maximum absolute atomic E-state index is 9.00. The van der Waals surface area contributed by atoms with Crippen LogP contribution >= 0.6 is 0 Å². The molecule has 0 spiro atoms. The number of nitrogens with two attached hydrogens (primary N) is 2. The highest BCUT2D eigenvalue weighted by Gasteiger charge is 1.90. The monoisotopic (exact) mass is 234 g/mol. The molecule has 5 nitrogen and oxygen atoms in total. The smallest absolute Gasteiger partial charge is 0.309 e. The van der Waals surface area contributed by atoms with E-state index in [1.54, 1.807) is 0 Å². The second-order valence-electron chi connectivity index (χ2n) is 3.68. The third kappa shape index (κ3) is 29.2. The van der Waals surface area contributed by atoms with Crippen LogP contribution in [0.1, 0.15) is 51.4 Å². The molecule has 0 aromatic rings. The van der Waals surface area contributed by atoms with Crippen molar-refractivity contribution in [2.24, 2.45) is 11.5 Å². The first kappa shape index (κ1) is 17.6. The molecule has 0 rings (SSSR count). The van der Waals surface area contributed by atoms with Gasteiger partial charge in [-0.2, -0.15) is 0 Å². The van der Waals surface area contributed by atoms with Gasteiger partial charge in [-0.05, 0) is 12.8 Å². The van der Waals surface area contributed by atoms with E-state index in [2.05, 4.69) is 11.5 Å². The van der Waals surface area contributed by atoms with Crippen LogP contribution in [0, 0.1) is 0 Å². The zero-order chi connectivity index (χ0) is 12.6. The molecule has 16 heavy (non-hydrogen) atoms. The molecule has 0 saturated carbocycles. The topological polar surface area (TPSA) is 110 Å². The number of aliphatic hydroxyl groups is 2. The summed E-state index contributed by atoms with van der Waals surface area (Å²) in [5.41, 5.74) is 8.50. The highest BCUT2D eigenvalue weighted by atomic mass is 16.3. The first-order valence-corrected chi connectivity index (χ1v) is 5.91. The van der Waals surface area contributed by atoms with Crippen molar-refractivity contribution in [3.63, 3.8) is 0 Å². The summed E-state index contributed by atoms with van der Waals surface area (Å²) in [6.45, 7) is 0.676. The molecule has 5 heteroatoms. The number of aliphatic hydroxyl groups excluding tert-OH is 2. The van der Waals surface area contributed by atoms with Gasteiger partial charge in [0.15, 0.2) is 0 Å². The number of hydrogen-bond donors (Lipinski definition) is 4. The lowest BCUT2D eigenvalue weighted by atomic mass is 10.1. The Hall–Kier alpha value is -0.810. The molecule has 0 heterocycles. The summed E-state index contributed by atoms with van der Waals surface area (Å²) >= 11 is 0. The molecule has 0 atom stereocenters. The van der Waals surface area contributed by atoms with Crippen LogP contribution < -0.4 is 11.5 Å². The molecule has 0 aliphatic heterocycles. The molecule has 0 aromatic carbocycles. The summed E-state index contributed by atoms with van der Waals surface area (Å²) in [5.74, 6) is 0. The number of unbranched alkanes of at least 4 members (excludes halogenated alkanes) is 7. The van der Waals surface area contributed by atoms with E-state index in [9.17, 15) is 0 Å². The van der Waals surface area contributed by atoms with Gasteiger partial charge < -0.3 is 21.7 Å². The average molecular weight is 234 g/mol. The summed E-state index contributed by atoms with van der Waals surface area (Å²) in [5, 5.41) is 17.0. The molecule has 0 fully saturated rings. The molecule has 0 bridgehead atoms. The van der Waals surface area contributed by atoms with Crippen LogP contribution in [0.25, 0.3) is 0 Å². The lowest BCUT2D eigenvalue weighted by Crippen LogP contribution is -2.18. The van der Waals surface area contributed by atoms with E-state index < -0.39 is 6.03 Å². The fourth-order valence-corrected chi connectivity index (χ4v) is 1.28. The van der Waals surface area contributed by atoms with E-state index in [1.807, 2.05) is 0 Å². The lowest BCUT2D eigenvalue weighted by Gasteiger charge is -1.99.